The fraction of sp³-hybridized carbons (Fsp3) is 0.455. The first kappa shape index (κ1) is 13.2. The normalized spacial score (nSPS) is 12.2. The lowest BCUT2D eigenvalue weighted by molar-refractivity contribution is 0.188. The molecule has 0 amide bonds. The first-order chi connectivity index (χ1) is 9.19. The van der Waals surface area contributed by atoms with Gasteiger partial charge in [0.15, 0.2) is 0 Å². The third-order valence-corrected chi connectivity index (χ3v) is 2.40. The van der Waals surface area contributed by atoms with Crippen LogP contribution in [0, 0.1) is 0 Å². The molecule has 0 spiro atoms. The number of aliphatic hydroxyl groups is 1. The summed E-state index contributed by atoms with van der Waals surface area (Å²) in [4.78, 5) is 12.7. The Bertz CT molecular complexity index is 512. The van der Waals surface area contributed by atoms with Gasteiger partial charge in [-0.25, -0.2) is 4.68 Å². The molecule has 0 radical (unpaired) electrons. The molecule has 0 bridgehead atoms. The first-order valence-electron chi connectivity index (χ1n) is 6.05. The Morgan fingerprint density at radius 2 is 2.11 bits per heavy atom. The molecule has 0 aromatic carbocycles. The fourth-order valence-electron chi connectivity index (χ4n) is 1.44. The van der Waals surface area contributed by atoms with E-state index in [4.69, 9.17) is 0 Å². The third-order valence-electron chi connectivity index (χ3n) is 2.40. The highest BCUT2D eigenvalue weighted by atomic mass is 16.3. The van der Waals surface area contributed by atoms with Crippen LogP contribution in [0.3, 0.4) is 0 Å². The van der Waals surface area contributed by atoms with Crippen LogP contribution >= 0.6 is 0 Å². The van der Waals surface area contributed by atoms with E-state index in [2.05, 4.69) is 30.7 Å². The SMILES string of the molecule is CNc1nc(NCCC(C)O)nc(-n2cccn2)n1. The Kier molecular flexibility index (Phi) is 4.24. The summed E-state index contributed by atoms with van der Waals surface area (Å²) >= 11 is 0. The van der Waals surface area contributed by atoms with Gasteiger partial charge in [-0.15, -0.1) is 0 Å². The van der Waals surface area contributed by atoms with E-state index in [0.717, 1.165) is 0 Å². The van der Waals surface area contributed by atoms with Crippen molar-refractivity contribution in [2.45, 2.75) is 19.4 Å². The fourth-order valence-corrected chi connectivity index (χ4v) is 1.44. The van der Waals surface area contributed by atoms with E-state index in [9.17, 15) is 5.11 Å². The standard InChI is InChI=1S/C11H17N7O/c1-8(19)4-6-13-10-15-9(12-2)16-11(17-10)18-7-3-5-14-18/h3,5,7-8,19H,4,6H2,1-2H3,(H2,12,13,15,16,17). The molecule has 3 N–H and O–H groups in total. The summed E-state index contributed by atoms with van der Waals surface area (Å²) in [5.74, 6) is 1.34. The second-order valence-electron chi connectivity index (χ2n) is 4.05. The molecule has 102 valence electrons. The van der Waals surface area contributed by atoms with Gasteiger partial charge in [-0.1, -0.05) is 0 Å². The van der Waals surface area contributed by atoms with Crippen LogP contribution in [0.25, 0.3) is 5.95 Å². The highest BCUT2D eigenvalue weighted by molar-refractivity contribution is 5.37. The van der Waals surface area contributed by atoms with Crippen molar-refractivity contribution < 1.29 is 5.11 Å². The zero-order valence-electron chi connectivity index (χ0n) is 10.9. The van der Waals surface area contributed by atoms with Crippen molar-refractivity contribution in [3.63, 3.8) is 0 Å². The molecule has 8 nitrogen and oxygen atoms in total. The zero-order valence-corrected chi connectivity index (χ0v) is 10.9. The van der Waals surface area contributed by atoms with Gasteiger partial charge in [-0.05, 0) is 19.4 Å². The number of nitrogens with zero attached hydrogens (tertiary/aromatic N) is 5. The Balaban J connectivity index is 2.16. The Morgan fingerprint density at radius 3 is 2.74 bits per heavy atom. The zero-order chi connectivity index (χ0) is 13.7. The number of nitrogens with one attached hydrogen (secondary N) is 2. The van der Waals surface area contributed by atoms with Crippen LogP contribution < -0.4 is 10.6 Å². The smallest absolute Gasteiger partial charge is 0.257 e. The second-order valence-corrected chi connectivity index (χ2v) is 4.05. The van der Waals surface area contributed by atoms with Crippen LogP contribution in [0.2, 0.25) is 0 Å². The lowest BCUT2D eigenvalue weighted by Crippen LogP contribution is -2.14. The predicted molar refractivity (Wildman–Crippen MR) is 71.3 cm³/mol. The molecule has 2 rings (SSSR count). The topological polar surface area (TPSA) is 101 Å². The average Bonchev–Trinajstić information content (AvgIpc) is 2.92. The lowest BCUT2D eigenvalue weighted by Gasteiger charge is -2.09. The van der Waals surface area contributed by atoms with Crippen LogP contribution in [-0.2, 0) is 0 Å². The molecule has 1 atom stereocenters. The third kappa shape index (κ3) is 3.62. The van der Waals surface area contributed by atoms with Crippen molar-refractivity contribution in [3.05, 3.63) is 18.5 Å². The second kappa shape index (κ2) is 6.10. The van der Waals surface area contributed by atoms with Crippen LogP contribution in [0.15, 0.2) is 18.5 Å². The number of aliphatic hydroxyl groups excluding tert-OH is 1. The summed E-state index contributed by atoms with van der Waals surface area (Å²) in [5, 5.41) is 19.2. The molecular weight excluding hydrogens is 246 g/mol. The van der Waals surface area contributed by atoms with Gasteiger partial charge in [0.1, 0.15) is 0 Å². The maximum Gasteiger partial charge on any atom is 0.257 e. The van der Waals surface area contributed by atoms with E-state index < -0.39 is 0 Å². The molecule has 8 heteroatoms. The minimum Gasteiger partial charge on any atom is -0.393 e. The van der Waals surface area contributed by atoms with Crippen LogP contribution in [0.4, 0.5) is 11.9 Å². The molecule has 0 fully saturated rings. The number of aromatic nitrogens is 5. The number of hydrogen-bond donors (Lipinski definition) is 3. The molecule has 1 unspecified atom stereocenters. The highest BCUT2D eigenvalue weighted by Crippen LogP contribution is 2.08. The first-order valence-corrected chi connectivity index (χ1v) is 6.05. The van der Waals surface area contributed by atoms with Crippen molar-refractivity contribution >= 4 is 11.9 Å². The van der Waals surface area contributed by atoms with E-state index >= 15 is 0 Å². The predicted octanol–water partition coefficient (Wildman–Crippen LogP) is 0.282. The van der Waals surface area contributed by atoms with Crippen molar-refractivity contribution in [2.75, 3.05) is 24.2 Å². The molecule has 0 aliphatic rings. The van der Waals surface area contributed by atoms with Crippen molar-refractivity contribution in [2.24, 2.45) is 0 Å². The number of anilines is 2. The van der Waals surface area contributed by atoms with Gasteiger partial charge >= 0.3 is 0 Å². The average molecular weight is 263 g/mol. The van der Waals surface area contributed by atoms with E-state index in [0.29, 0.717) is 30.8 Å². The van der Waals surface area contributed by atoms with E-state index in [1.54, 1.807) is 37.1 Å². The van der Waals surface area contributed by atoms with Crippen molar-refractivity contribution in [1.29, 1.82) is 0 Å². The van der Waals surface area contributed by atoms with Gasteiger partial charge in [0.2, 0.25) is 11.9 Å². The van der Waals surface area contributed by atoms with Gasteiger partial charge in [0.05, 0.1) is 6.10 Å². The lowest BCUT2D eigenvalue weighted by atomic mass is 10.3. The Labute approximate surface area is 110 Å². The van der Waals surface area contributed by atoms with Crippen molar-refractivity contribution in [3.8, 4) is 5.95 Å². The maximum absolute atomic E-state index is 9.22. The minimum atomic E-state index is -0.358. The van der Waals surface area contributed by atoms with Gasteiger partial charge in [0.25, 0.3) is 5.95 Å². The quantitative estimate of drug-likeness (QED) is 0.688. The van der Waals surface area contributed by atoms with E-state index in [-0.39, 0.29) is 6.10 Å². The summed E-state index contributed by atoms with van der Waals surface area (Å²) in [6, 6.07) is 1.80. The molecule has 2 aromatic heterocycles. The summed E-state index contributed by atoms with van der Waals surface area (Å²) < 4.78 is 1.56. The molecular formula is C11H17N7O. The molecule has 2 aromatic rings. The summed E-state index contributed by atoms with van der Waals surface area (Å²) in [5.41, 5.74) is 0. The molecule has 0 aliphatic carbocycles. The summed E-state index contributed by atoms with van der Waals surface area (Å²) in [6.45, 7) is 2.33. The molecule has 0 saturated carbocycles. The largest absolute Gasteiger partial charge is 0.393 e. The molecule has 19 heavy (non-hydrogen) atoms. The van der Waals surface area contributed by atoms with Gasteiger partial charge in [-0.2, -0.15) is 20.1 Å². The van der Waals surface area contributed by atoms with Gasteiger partial charge < -0.3 is 15.7 Å². The Hall–Kier alpha value is -2.22. The van der Waals surface area contributed by atoms with E-state index in [1.165, 1.54) is 0 Å². The summed E-state index contributed by atoms with van der Waals surface area (Å²) in [7, 11) is 1.74. The number of hydrogen-bond acceptors (Lipinski definition) is 7. The number of rotatable bonds is 6. The van der Waals surface area contributed by atoms with Crippen LogP contribution in [0.1, 0.15) is 13.3 Å². The molecule has 2 heterocycles. The Morgan fingerprint density at radius 1 is 1.32 bits per heavy atom. The van der Waals surface area contributed by atoms with Crippen molar-refractivity contribution in [1.82, 2.24) is 24.7 Å². The van der Waals surface area contributed by atoms with Gasteiger partial charge in [0, 0.05) is 26.0 Å². The van der Waals surface area contributed by atoms with Crippen LogP contribution in [0.5, 0.6) is 0 Å². The minimum absolute atomic E-state index is 0.358. The van der Waals surface area contributed by atoms with Gasteiger partial charge in [-0.3, -0.25) is 0 Å². The highest BCUT2D eigenvalue weighted by Gasteiger charge is 2.07. The monoisotopic (exact) mass is 263 g/mol. The summed E-state index contributed by atoms with van der Waals surface area (Å²) in [6.07, 6.45) is 3.68. The van der Waals surface area contributed by atoms with E-state index in [1.807, 2.05) is 0 Å². The molecule has 0 saturated heterocycles. The molecule has 0 aliphatic heterocycles. The maximum atomic E-state index is 9.22. The van der Waals surface area contributed by atoms with Crippen LogP contribution in [-0.4, -0.2) is 49.5 Å².